The van der Waals surface area contributed by atoms with Crippen LogP contribution in [0.3, 0.4) is 0 Å². The Bertz CT molecular complexity index is 1170. The summed E-state index contributed by atoms with van der Waals surface area (Å²) < 4.78 is 5.87. The van der Waals surface area contributed by atoms with Crippen LogP contribution in [0.25, 0.3) is 6.08 Å². The Morgan fingerprint density at radius 2 is 1.84 bits per heavy atom. The van der Waals surface area contributed by atoms with Gasteiger partial charge in [-0.1, -0.05) is 71.8 Å². The zero-order valence-electron chi connectivity index (χ0n) is 17.0. The van der Waals surface area contributed by atoms with E-state index < -0.39 is 0 Å². The third-order valence-corrected chi connectivity index (χ3v) is 5.28. The van der Waals surface area contributed by atoms with Crippen molar-refractivity contribution in [2.45, 2.75) is 13.5 Å². The smallest absolute Gasteiger partial charge is 0.294 e. The molecule has 0 spiro atoms. The molecule has 0 radical (unpaired) electrons. The number of hydrogen-bond donors (Lipinski definition) is 1. The largest absolute Gasteiger partial charge is 0.449 e. The summed E-state index contributed by atoms with van der Waals surface area (Å²) in [6.45, 7) is 2.13. The summed E-state index contributed by atoms with van der Waals surface area (Å²) >= 11 is 6.16. The number of halogens is 1. The van der Waals surface area contributed by atoms with Gasteiger partial charge in [0.15, 0.2) is 11.5 Å². The Labute approximate surface area is 185 Å². The summed E-state index contributed by atoms with van der Waals surface area (Å²) in [5, 5.41) is 3.42. The first-order valence-corrected chi connectivity index (χ1v) is 10.3. The molecule has 1 aliphatic rings. The molecule has 1 aliphatic heterocycles. The third kappa shape index (κ3) is 4.78. The van der Waals surface area contributed by atoms with Gasteiger partial charge in [-0.25, -0.2) is 0 Å². The fourth-order valence-electron chi connectivity index (χ4n) is 3.37. The second-order valence-corrected chi connectivity index (χ2v) is 7.66. The minimum absolute atomic E-state index is 0.130. The molecule has 156 valence electrons. The van der Waals surface area contributed by atoms with Crippen LogP contribution in [0.2, 0.25) is 5.02 Å². The van der Waals surface area contributed by atoms with Crippen LogP contribution in [0.1, 0.15) is 16.7 Å². The van der Waals surface area contributed by atoms with Gasteiger partial charge in [-0.05, 0) is 42.3 Å². The fourth-order valence-corrected chi connectivity index (χ4v) is 3.57. The van der Waals surface area contributed by atoms with E-state index in [0.717, 1.165) is 16.7 Å². The molecule has 5 nitrogen and oxygen atoms in total. The number of nitrogens with one attached hydrogen (secondary N) is 1. The molecule has 0 unspecified atom stereocenters. The average molecular weight is 433 g/mol. The van der Waals surface area contributed by atoms with Crippen molar-refractivity contribution >= 4 is 35.2 Å². The summed E-state index contributed by atoms with van der Waals surface area (Å²) in [6.07, 6.45) is 1.69. The summed E-state index contributed by atoms with van der Waals surface area (Å²) in [5.74, 6) is 0.0380. The van der Waals surface area contributed by atoms with Gasteiger partial charge in [0.25, 0.3) is 5.91 Å². The highest BCUT2D eigenvalue weighted by atomic mass is 35.5. The van der Waals surface area contributed by atoms with Gasteiger partial charge in [0, 0.05) is 11.6 Å². The number of ether oxygens (including phenoxy) is 1. The van der Waals surface area contributed by atoms with Crippen molar-refractivity contribution in [1.29, 1.82) is 0 Å². The summed E-state index contributed by atoms with van der Waals surface area (Å²) in [7, 11) is 0. The number of para-hydroxylation sites is 2. The van der Waals surface area contributed by atoms with Crippen molar-refractivity contribution < 1.29 is 14.3 Å². The summed E-state index contributed by atoms with van der Waals surface area (Å²) in [6, 6.07) is 22.2. The van der Waals surface area contributed by atoms with E-state index in [-0.39, 0.29) is 30.7 Å². The van der Waals surface area contributed by atoms with Crippen molar-refractivity contribution in [1.82, 2.24) is 5.32 Å². The zero-order chi connectivity index (χ0) is 21.8. The Kier molecular flexibility index (Phi) is 6.05. The number of nitrogens with zero attached hydrogens (tertiary/aromatic N) is 1. The number of anilines is 1. The molecular weight excluding hydrogens is 412 g/mol. The predicted molar refractivity (Wildman–Crippen MR) is 122 cm³/mol. The molecule has 0 bridgehead atoms. The van der Waals surface area contributed by atoms with Crippen LogP contribution in [0.4, 0.5) is 5.69 Å². The van der Waals surface area contributed by atoms with Crippen LogP contribution in [-0.4, -0.2) is 18.4 Å². The molecule has 2 amide bonds. The number of carbonyl (C=O) groups is 2. The van der Waals surface area contributed by atoms with Crippen LogP contribution >= 0.6 is 11.6 Å². The molecule has 0 fully saturated rings. The van der Waals surface area contributed by atoms with E-state index in [9.17, 15) is 9.59 Å². The molecule has 1 heterocycles. The number of amides is 2. The molecule has 4 rings (SSSR count). The lowest BCUT2D eigenvalue weighted by atomic mass is 10.1. The van der Waals surface area contributed by atoms with Gasteiger partial charge < -0.3 is 10.1 Å². The maximum atomic E-state index is 13.2. The van der Waals surface area contributed by atoms with Crippen molar-refractivity contribution in [3.8, 4) is 5.75 Å². The zero-order valence-corrected chi connectivity index (χ0v) is 17.7. The molecule has 0 saturated carbocycles. The maximum absolute atomic E-state index is 13.2. The van der Waals surface area contributed by atoms with E-state index >= 15 is 0 Å². The first-order valence-electron chi connectivity index (χ1n) is 9.88. The molecule has 31 heavy (non-hydrogen) atoms. The Morgan fingerprint density at radius 3 is 2.65 bits per heavy atom. The molecule has 0 aromatic heterocycles. The summed E-state index contributed by atoms with van der Waals surface area (Å²) in [4.78, 5) is 27.3. The fraction of sp³-hybridized carbons (Fsp3) is 0.120. The number of hydrogen-bond acceptors (Lipinski definition) is 3. The van der Waals surface area contributed by atoms with Crippen molar-refractivity contribution in [3.63, 3.8) is 0 Å². The average Bonchev–Trinajstić information content (AvgIpc) is 2.76. The predicted octanol–water partition coefficient (Wildman–Crippen LogP) is 4.73. The highest BCUT2D eigenvalue weighted by molar-refractivity contribution is 6.31. The van der Waals surface area contributed by atoms with Gasteiger partial charge in [0.1, 0.15) is 6.54 Å². The first kappa shape index (κ1) is 20.7. The monoisotopic (exact) mass is 432 g/mol. The minimum atomic E-state index is -0.368. The molecule has 0 atom stereocenters. The number of fused-ring (bicyclic) bond motifs is 1. The van der Waals surface area contributed by atoms with Gasteiger partial charge in [-0.2, -0.15) is 0 Å². The Hall–Kier alpha value is -3.57. The lowest BCUT2D eigenvalue weighted by molar-refractivity contribution is -0.123. The van der Waals surface area contributed by atoms with Crippen LogP contribution in [0, 0.1) is 6.92 Å². The molecule has 0 aliphatic carbocycles. The number of aryl methyl sites for hydroxylation is 1. The van der Waals surface area contributed by atoms with Crippen LogP contribution < -0.4 is 15.0 Å². The van der Waals surface area contributed by atoms with Crippen LogP contribution in [-0.2, 0) is 16.1 Å². The second-order valence-electron chi connectivity index (χ2n) is 7.25. The SMILES string of the molecule is Cc1cccc(C=C2Oc3ccccc3N(CC(=O)NCc3ccccc3Cl)C2=O)c1. The molecule has 3 aromatic rings. The molecule has 3 aromatic carbocycles. The van der Waals surface area contributed by atoms with Crippen molar-refractivity contribution in [2.75, 3.05) is 11.4 Å². The number of benzene rings is 3. The van der Waals surface area contributed by atoms with Gasteiger partial charge in [-0.15, -0.1) is 0 Å². The highest BCUT2D eigenvalue weighted by Crippen LogP contribution is 2.35. The van der Waals surface area contributed by atoms with Gasteiger partial charge in [0.05, 0.1) is 5.69 Å². The van der Waals surface area contributed by atoms with Gasteiger partial charge >= 0.3 is 0 Å². The Balaban J connectivity index is 1.56. The third-order valence-electron chi connectivity index (χ3n) is 4.91. The topological polar surface area (TPSA) is 58.6 Å². The maximum Gasteiger partial charge on any atom is 0.294 e. The van der Waals surface area contributed by atoms with E-state index in [4.69, 9.17) is 16.3 Å². The minimum Gasteiger partial charge on any atom is -0.449 e. The quantitative estimate of drug-likeness (QED) is 0.593. The van der Waals surface area contributed by atoms with E-state index in [1.807, 2.05) is 55.5 Å². The summed E-state index contributed by atoms with van der Waals surface area (Å²) in [5.41, 5.74) is 3.30. The number of carbonyl (C=O) groups excluding carboxylic acids is 2. The lowest BCUT2D eigenvalue weighted by Crippen LogP contribution is -2.44. The van der Waals surface area contributed by atoms with E-state index in [2.05, 4.69) is 5.32 Å². The number of rotatable bonds is 5. The van der Waals surface area contributed by atoms with E-state index in [1.165, 1.54) is 4.90 Å². The molecule has 0 saturated heterocycles. The van der Waals surface area contributed by atoms with Crippen molar-refractivity contribution in [2.24, 2.45) is 0 Å². The van der Waals surface area contributed by atoms with Gasteiger partial charge in [0.2, 0.25) is 5.91 Å². The van der Waals surface area contributed by atoms with E-state index in [0.29, 0.717) is 16.5 Å². The molecular formula is C25H21ClN2O3. The highest BCUT2D eigenvalue weighted by Gasteiger charge is 2.31. The molecule has 6 heteroatoms. The van der Waals surface area contributed by atoms with Crippen LogP contribution in [0.15, 0.2) is 78.6 Å². The van der Waals surface area contributed by atoms with Crippen LogP contribution in [0.5, 0.6) is 5.75 Å². The second kappa shape index (κ2) is 9.06. The van der Waals surface area contributed by atoms with Crippen molar-refractivity contribution in [3.05, 3.63) is 100 Å². The van der Waals surface area contributed by atoms with E-state index in [1.54, 1.807) is 30.3 Å². The lowest BCUT2D eigenvalue weighted by Gasteiger charge is -2.30. The normalized spacial score (nSPS) is 14.2. The first-order chi connectivity index (χ1) is 15.0. The Morgan fingerprint density at radius 1 is 1.06 bits per heavy atom. The molecule has 1 N–H and O–H groups in total. The standard InChI is InChI=1S/C25H21ClN2O3/c1-17-7-6-8-18(13-17)14-23-25(30)28(21-11-4-5-12-22(21)31-23)16-24(29)27-15-19-9-2-3-10-20(19)26/h2-14H,15-16H2,1H3,(H,27,29). The van der Waals surface area contributed by atoms with Gasteiger partial charge in [-0.3, -0.25) is 14.5 Å².